The molecule has 1 amide bonds. The van der Waals surface area contributed by atoms with Gasteiger partial charge in [0.15, 0.2) is 11.5 Å². The maximum absolute atomic E-state index is 11.9. The van der Waals surface area contributed by atoms with Gasteiger partial charge in [-0.3, -0.25) is 4.79 Å². The Bertz CT molecular complexity index is 767. The van der Waals surface area contributed by atoms with Gasteiger partial charge in [-0.2, -0.15) is 0 Å². The fraction of sp³-hybridized carbons (Fsp3) is 0.0909. The van der Waals surface area contributed by atoms with Gasteiger partial charge in [0.2, 0.25) is 9.47 Å². The second-order valence-corrected chi connectivity index (χ2v) is 5.29. The summed E-state index contributed by atoms with van der Waals surface area (Å²) in [5.74, 6) is 0.221. The van der Waals surface area contributed by atoms with E-state index in [2.05, 4.69) is 20.5 Å². The van der Waals surface area contributed by atoms with Gasteiger partial charge >= 0.3 is 0 Å². The lowest BCUT2D eigenvalue weighted by Gasteiger charge is -2.01. The molecule has 0 spiro atoms. The van der Waals surface area contributed by atoms with Gasteiger partial charge in [-0.25, -0.2) is 4.98 Å². The van der Waals surface area contributed by atoms with Crippen molar-refractivity contribution in [1.82, 2.24) is 15.2 Å². The Morgan fingerprint density at radius 3 is 3.00 bits per heavy atom. The van der Waals surface area contributed by atoms with Gasteiger partial charge < -0.3 is 9.73 Å². The number of hydrogen-bond donors (Lipinski definition) is 1. The Kier molecular flexibility index (Phi) is 2.92. The molecule has 0 fully saturated rings. The number of carbonyl (C=O) groups excluding carboxylic acids is 1. The molecule has 3 aromatic rings. The van der Waals surface area contributed by atoms with E-state index in [9.17, 15) is 4.79 Å². The van der Waals surface area contributed by atoms with Crippen LogP contribution in [0.3, 0.4) is 0 Å². The van der Waals surface area contributed by atoms with Crippen LogP contribution in [0.1, 0.15) is 15.7 Å². The number of aryl methyl sites for hydroxylation is 1. The zero-order chi connectivity index (χ0) is 13.4. The van der Waals surface area contributed by atoms with Crippen LogP contribution in [0.25, 0.3) is 11.1 Å². The fourth-order valence-corrected chi connectivity index (χ4v) is 2.33. The summed E-state index contributed by atoms with van der Waals surface area (Å²) < 4.78 is 5.58. The maximum atomic E-state index is 11.9. The Labute approximate surface area is 116 Å². The van der Waals surface area contributed by atoms with Crippen LogP contribution in [0.2, 0.25) is 4.47 Å². The van der Waals surface area contributed by atoms with E-state index in [1.165, 1.54) is 0 Å². The number of oxazole rings is 1. The minimum absolute atomic E-state index is 0.210. The van der Waals surface area contributed by atoms with E-state index in [1.54, 1.807) is 25.1 Å². The average molecular weight is 295 g/mol. The standard InChI is InChI=1S/C11H7ClN4O2S/c1-5-13-7-4-6(2-3-8(7)18-5)14-9(17)10-15-16-11(12)19-10/h2-4H,1H3,(H,14,17). The van der Waals surface area contributed by atoms with Gasteiger partial charge in [0.05, 0.1) is 0 Å². The third-order valence-corrected chi connectivity index (χ3v) is 3.36. The zero-order valence-electron chi connectivity index (χ0n) is 9.68. The molecule has 2 aromatic heterocycles. The Balaban J connectivity index is 1.86. The quantitative estimate of drug-likeness (QED) is 0.786. The molecule has 8 heteroatoms. The summed E-state index contributed by atoms with van der Waals surface area (Å²) in [5, 5.41) is 10.2. The topological polar surface area (TPSA) is 80.9 Å². The minimum atomic E-state index is -0.357. The predicted octanol–water partition coefficient (Wildman–Crippen LogP) is 2.89. The molecule has 19 heavy (non-hydrogen) atoms. The molecule has 0 saturated carbocycles. The highest BCUT2D eigenvalue weighted by molar-refractivity contribution is 7.17. The summed E-state index contributed by atoms with van der Waals surface area (Å²) in [6, 6.07) is 5.21. The van der Waals surface area contributed by atoms with Crippen LogP contribution in [0, 0.1) is 6.92 Å². The highest BCUT2D eigenvalue weighted by Gasteiger charge is 2.13. The lowest BCUT2D eigenvalue weighted by Crippen LogP contribution is -2.11. The molecule has 3 rings (SSSR count). The SMILES string of the molecule is Cc1nc2cc(NC(=O)c3nnc(Cl)s3)ccc2o1. The highest BCUT2D eigenvalue weighted by Crippen LogP contribution is 2.21. The molecule has 96 valence electrons. The van der Waals surface area contributed by atoms with Crippen LogP contribution < -0.4 is 5.32 Å². The van der Waals surface area contributed by atoms with Crippen molar-refractivity contribution in [1.29, 1.82) is 0 Å². The van der Waals surface area contributed by atoms with Crippen LogP contribution in [0.5, 0.6) is 0 Å². The first-order valence-corrected chi connectivity index (χ1v) is 6.49. The smallest absolute Gasteiger partial charge is 0.286 e. The van der Waals surface area contributed by atoms with Crippen molar-refractivity contribution in [3.63, 3.8) is 0 Å². The second-order valence-electron chi connectivity index (χ2n) is 3.73. The molecule has 1 N–H and O–H groups in total. The Morgan fingerprint density at radius 2 is 2.26 bits per heavy atom. The highest BCUT2D eigenvalue weighted by atomic mass is 35.5. The first-order valence-electron chi connectivity index (χ1n) is 5.29. The molecule has 0 bridgehead atoms. The molecular formula is C11H7ClN4O2S. The first kappa shape index (κ1) is 12.1. The summed E-state index contributed by atoms with van der Waals surface area (Å²) in [5.41, 5.74) is 1.97. The number of aromatic nitrogens is 3. The number of benzene rings is 1. The molecule has 0 atom stereocenters. The molecule has 0 aliphatic heterocycles. The number of carbonyl (C=O) groups is 1. The van der Waals surface area contributed by atoms with E-state index in [0.717, 1.165) is 11.3 Å². The lowest BCUT2D eigenvalue weighted by molar-refractivity contribution is 0.102. The second kappa shape index (κ2) is 4.60. The van der Waals surface area contributed by atoms with Crippen molar-refractivity contribution in [2.45, 2.75) is 6.92 Å². The molecule has 0 aliphatic carbocycles. The minimum Gasteiger partial charge on any atom is -0.441 e. The number of rotatable bonds is 2. The average Bonchev–Trinajstić information content (AvgIpc) is 2.93. The number of anilines is 1. The molecular weight excluding hydrogens is 288 g/mol. The van der Waals surface area contributed by atoms with Crippen molar-refractivity contribution in [2.75, 3.05) is 5.32 Å². The van der Waals surface area contributed by atoms with Gasteiger partial charge in [0.1, 0.15) is 5.52 Å². The number of fused-ring (bicyclic) bond motifs is 1. The normalized spacial score (nSPS) is 10.8. The van der Waals surface area contributed by atoms with E-state index in [4.69, 9.17) is 16.0 Å². The van der Waals surface area contributed by atoms with Crippen LogP contribution in [0.15, 0.2) is 22.6 Å². The van der Waals surface area contributed by atoms with Gasteiger partial charge in [0, 0.05) is 12.6 Å². The van der Waals surface area contributed by atoms with Crippen LogP contribution in [-0.4, -0.2) is 21.1 Å². The maximum Gasteiger partial charge on any atom is 0.286 e. The van der Waals surface area contributed by atoms with Crippen molar-refractivity contribution in [2.24, 2.45) is 0 Å². The molecule has 0 aliphatic rings. The predicted molar refractivity (Wildman–Crippen MR) is 71.6 cm³/mol. The Hall–Kier alpha value is -1.99. The monoisotopic (exact) mass is 294 g/mol. The van der Waals surface area contributed by atoms with E-state index in [-0.39, 0.29) is 15.4 Å². The van der Waals surface area contributed by atoms with Crippen molar-refractivity contribution in [3.8, 4) is 0 Å². The van der Waals surface area contributed by atoms with E-state index in [1.807, 2.05) is 0 Å². The first-order chi connectivity index (χ1) is 9.11. The van der Waals surface area contributed by atoms with Crippen molar-refractivity contribution in [3.05, 3.63) is 33.6 Å². The largest absolute Gasteiger partial charge is 0.441 e. The van der Waals surface area contributed by atoms with Crippen molar-refractivity contribution < 1.29 is 9.21 Å². The summed E-state index contributed by atoms with van der Waals surface area (Å²) in [6.45, 7) is 1.77. The van der Waals surface area contributed by atoms with E-state index in [0.29, 0.717) is 22.7 Å². The van der Waals surface area contributed by atoms with Crippen LogP contribution in [0.4, 0.5) is 5.69 Å². The van der Waals surface area contributed by atoms with E-state index < -0.39 is 0 Å². The number of nitrogens with one attached hydrogen (secondary N) is 1. The molecule has 0 saturated heterocycles. The zero-order valence-corrected chi connectivity index (χ0v) is 11.2. The number of amides is 1. The molecule has 2 heterocycles. The van der Waals surface area contributed by atoms with Crippen molar-refractivity contribution >= 4 is 45.6 Å². The van der Waals surface area contributed by atoms with Gasteiger partial charge in [-0.1, -0.05) is 11.3 Å². The van der Waals surface area contributed by atoms with Gasteiger partial charge in [0.25, 0.3) is 5.91 Å². The summed E-state index contributed by atoms with van der Waals surface area (Å²) in [4.78, 5) is 16.1. The van der Waals surface area contributed by atoms with E-state index >= 15 is 0 Å². The molecule has 1 aromatic carbocycles. The third-order valence-electron chi connectivity index (χ3n) is 2.35. The van der Waals surface area contributed by atoms with Gasteiger partial charge in [-0.05, 0) is 29.8 Å². The molecule has 6 nitrogen and oxygen atoms in total. The summed E-state index contributed by atoms with van der Waals surface area (Å²) >= 11 is 6.65. The number of nitrogens with zero attached hydrogens (tertiary/aromatic N) is 3. The third kappa shape index (κ3) is 2.42. The van der Waals surface area contributed by atoms with Crippen LogP contribution in [-0.2, 0) is 0 Å². The lowest BCUT2D eigenvalue weighted by atomic mass is 10.3. The van der Waals surface area contributed by atoms with Crippen LogP contribution >= 0.6 is 22.9 Å². The number of hydrogen-bond acceptors (Lipinski definition) is 6. The molecule has 0 radical (unpaired) electrons. The Morgan fingerprint density at radius 1 is 1.42 bits per heavy atom. The molecule has 0 unspecified atom stereocenters. The summed E-state index contributed by atoms with van der Waals surface area (Å²) in [6.07, 6.45) is 0. The van der Waals surface area contributed by atoms with Gasteiger partial charge in [-0.15, -0.1) is 10.2 Å². The number of halogens is 1. The summed E-state index contributed by atoms with van der Waals surface area (Å²) in [7, 11) is 0. The fourth-order valence-electron chi connectivity index (χ4n) is 1.60.